The maximum Gasteiger partial charge on any atom is 0.261 e. The third-order valence-electron chi connectivity index (χ3n) is 2.88. The summed E-state index contributed by atoms with van der Waals surface area (Å²) < 4.78 is 0. The highest BCUT2D eigenvalue weighted by Crippen LogP contribution is 2.15. The third-order valence-corrected chi connectivity index (χ3v) is 3.90. The Morgan fingerprint density at radius 2 is 2.05 bits per heavy atom. The summed E-state index contributed by atoms with van der Waals surface area (Å²) in [5.41, 5.74) is 2.04. The predicted molar refractivity (Wildman–Crippen MR) is 77.5 cm³/mol. The number of carbonyl (C=O) groups excluding carboxylic acids is 1. The topological polar surface area (TPSA) is 49.3 Å². The number of aliphatic hydroxyl groups excluding tert-OH is 1. The minimum atomic E-state index is -0.563. The standard InChI is InChI=1S/C15H17NO2S/c1-11-7-8-19-14(11)15(18)16-10-13(17)9-12-5-3-2-4-6-12/h2-8,13,17H,9-10H2,1H3,(H,16,18). The monoisotopic (exact) mass is 275 g/mol. The Bertz CT molecular complexity index is 536. The van der Waals surface area contributed by atoms with E-state index >= 15 is 0 Å². The van der Waals surface area contributed by atoms with E-state index in [0.717, 1.165) is 11.1 Å². The van der Waals surface area contributed by atoms with Gasteiger partial charge in [0.1, 0.15) is 0 Å². The summed E-state index contributed by atoms with van der Waals surface area (Å²) in [6.07, 6.45) is -0.0171. The molecule has 0 fully saturated rings. The molecular formula is C15H17NO2S. The fraction of sp³-hybridized carbons (Fsp3) is 0.267. The fourth-order valence-corrected chi connectivity index (χ4v) is 2.70. The van der Waals surface area contributed by atoms with Gasteiger partial charge in [0.25, 0.3) is 5.91 Å². The van der Waals surface area contributed by atoms with Crippen LogP contribution in [0.2, 0.25) is 0 Å². The Morgan fingerprint density at radius 1 is 1.32 bits per heavy atom. The minimum Gasteiger partial charge on any atom is -0.391 e. The second-order valence-electron chi connectivity index (χ2n) is 4.49. The summed E-state index contributed by atoms with van der Waals surface area (Å²) in [6.45, 7) is 2.18. The number of hydrogen-bond donors (Lipinski definition) is 2. The van der Waals surface area contributed by atoms with E-state index in [1.165, 1.54) is 11.3 Å². The zero-order chi connectivity index (χ0) is 13.7. The number of rotatable bonds is 5. The number of aliphatic hydroxyl groups is 1. The van der Waals surface area contributed by atoms with Crippen LogP contribution in [0.15, 0.2) is 41.8 Å². The van der Waals surface area contributed by atoms with Crippen molar-refractivity contribution in [2.24, 2.45) is 0 Å². The van der Waals surface area contributed by atoms with Gasteiger partial charge in [-0.1, -0.05) is 30.3 Å². The Labute approximate surface area is 116 Å². The second kappa shape index (κ2) is 6.50. The highest BCUT2D eigenvalue weighted by Gasteiger charge is 2.12. The van der Waals surface area contributed by atoms with Crippen LogP contribution < -0.4 is 5.32 Å². The van der Waals surface area contributed by atoms with Gasteiger partial charge in [0.05, 0.1) is 11.0 Å². The van der Waals surface area contributed by atoms with Crippen LogP contribution in [-0.4, -0.2) is 23.7 Å². The van der Waals surface area contributed by atoms with Gasteiger partial charge in [-0.3, -0.25) is 4.79 Å². The molecule has 2 aromatic rings. The molecule has 100 valence electrons. The largest absolute Gasteiger partial charge is 0.391 e. The first-order valence-electron chi connectivity index (χ1n) is 6.21. The predicted octanol–water partition coefficient (Wildman–Crippen LogP) is 2.39. The molecule has 2 N–H and O–H groups in total. The molecule has 0 saturated carbocycles. The van der Waals surface area contributed by atoms with Gasteiger partial charge < -0.3 is 10.4 Å². The first-order valence-corrected chi connectivity index (χ1v) is 7.09. The maximum absolute atomic E-state index is 11.9. The molecule has 19 heavy (non-hydrogen) atoms. The van der Waals surface area contributed by atoms with Crippen molar-refractivity contribution in [1.82, 2.24) is 5.32 Å². The van der Waals surface area contributed by atoms with E-state index in [1.54, 1.807) is 0 Å². The summed E-state index contributed by atoms with van der Waals surface area (Å²) in [5.74, 6) is -0.111. The van der Waals surface area contributed by atoms with Gasteiger partial charge in [-0.05, 0) is 29.5 Å². The highest BCUT2D eigenvalue weighted by atomic mass is 32.1. The van der Waals surface area contributed by atoms with E-state index in [9.17, 15) is 9.90 Å². The normalized spacial score (nSPS) is 12.1. The van der Waals surface area contributed by atoms with E-state index in [4.69, 9.17) is 0 Å². The molecule has 1 amide bonds. The van der Waals surface area contributed by atoms with Crippen LogP contribution >= 0.6 is 11.3 Å². The molecule has 1 aromatic heterocycles. The Hall–Kier alpha value is -1.65. The van der Waals surface area contributed by atoms with Crippen LogP contribution in [0.25, 0.3) is 0 Å². The van der Waals surface area contributed by atoms with Crippen LogP contribution in [0.1, 0.15) is 20.8 Å². The molecule has 1 atom stereocenters. The quantitative estimate of drug-likeness (QED) is 0.880. The van der Waals surface area contributed by atoms with E-state index in [1.807, 2.05) is 48.7 Å². The van der Waals surface area contributed by atoms with Crippen LogP contribution in [-0.2, 0) is 6.42 Å². The molecule has 3 nitrogen and oxygen atoms in total. The molecule has 0 radical (unpaired) electrons. The first kappa shape index (κ1) is 13.8. The number of thiophene rings is 1. The maximum atomic E-state index is 11.9. The van der Waals surface area contributed by atoms with Crippen molar-refractivity contribution in [2.45, 2.75) is 19.4 Å². The van der Waals surface area contributed by atoms with E-state index in [2.05, 4.69) is 5.32 Å². The molecule has 2 rings (SSSR count). The number of nitrogens with one attached hydrogen (secondary N) is 1. The number of hydrogen-bond acceptors (Lipinski definition) is 3. The molecule has 0 aliphatic heterocycles. The van der Waals surface area contributed by atoms with Crippen molar-refractivity contribution in [3.63, 3.8) is 0 Å². The number of carbonyl (C=O) groups is 1. The van der Waals surface area contributed by atoms with Gasteiger partial charge in [0.15, 0.2) is 0 Å². The SMILES string of the molecule is Cc1ccsc1C(=O)NCC(O)Cc1ccccc1. The van der Waals surface area contributed by atoms with E-state index < -0.39 is 6.10 Å². The van der Waals surface area contributed by atoms with Crippen LogP contribution in [0.3, 0.4) is 0 Å². The van der Waals surface area contributed by atoms with Crippen molar-refractivity contribution in [1.29, 1.82) is 0 Å². The molecule has 1 heterocycles. The molecule has 0 spiro atoms. The summed E-state index contributed by atoms with van der Waals surface area (Å²) in [5, 5.41) is 14.6. The Morgan fingerprint density at radius 3 is 2.68 bits per heavy atom. The Balaban J connectivity index is 1.82. The lowest BCUT2D eigenvalue weighted by atomic mass is 10.1. The molecule has 4 heteroatoms. The summed E-state index contributed by atoms with van der Waals surface area (Å²) in [7, 11) is 0. The number of benzene rings is 1. The molecule has 1 unspecified atom stereocenters. The van der Waals surface area contributed by atoms with Gasteiger partial charge >= 0.3 is 0 Å². The molecule has 0 aliphatic rings. The van der Waals surface area contributed by atoms with Crippen LogP contribution in [0.4, 0.5) is 0 Å². The lowest BCUT2D eigenvalue weighted by Crippen LogP contribution is -2.33. The molecule has 0 saturated heterocycles. The average Bonchev–Trinajstić information content (AvgIpc) is 2.83. The Kier molecular flexibility index (Phi) is 4.71. The molecule has 0 bridgehead atoms. The fourth-order valence-electron chi connectivity index (χ4n) is 1.85. The smallest absolute Gasteiger partial charge is 0.261 e. The number of aryl methyl sites for hydroxylation is 1. The summed E-state index contributed by atoms with van der Waals surface area (Å²) in [4.78, 5) is 12.6. The van der Waals surface area contributed by atoms with Gasteiger partial charge in [0, 0.05) is 13.0 Å². The zero-order valence-corrected chi connectivity index (χ0v) is 11.6. The molecule has 0 aliphatic carbocycles. The minimum absolute atomic E-state index is 0.111. The number of amides is 1. The van der Waals surface area contributed by atoms with Gasteiger partial charge in [0.2, 0.25) is 0 Å². The van der Waals surface area contributed by atoms with E-state index in [-0.39, 0.29) is 12.5 Å². The first-order chi connectivity index (χ1) is 9.16. The van der Waals surface area contributed by atoms with Crippen LogP contribution in [0.5, 0.6) is 0 Å². The molecular weight excluding hydrogens is 258 g/mol. The zero-order valence-electron chi connectivity index (χ0n) is 10.8. The van der Waals surface area contributed by atoms with Crippen molar-refractivity contribution in [3.05, 3.63) is 57.8 Å². The third kappa shape index (κ3) is 3.91. The van der Waals surface area contributed by atoms with Crippen molar-refractivity contribution >= 4 is 17.2 Å². The lowest BCUT2D eigenvalue weighted by molar-refractivity contribution is 0.0919. The van der Waals surface area contributed by atoms with E-state index in [0.29, 0.717) is 11.3 Å². The second-order valence-corrected chi connectivity index (χ2v) is 5.40. The van der Waals surface area contributed by atoms with Crippen molar-refractivity contribution in [3.8, 4) is 0 Å². The molecule has 1 aromatic carbocycles. The average molecular weight is 275 g/mol. The van der Waals surface area contributed by atoms with Crippen LogP contribution in [0, 0.1) is 6.92 Å². The van der Waals surface area contributed by atoms with Crippen molar-refractivity contribution < 1.29 is 9.90 Å². The van der Waals surface area contributed by atoms with Gasteiger partial charge in [-0.2, -0.15) is 0 Å². The lowest BCUT2D eigenvalue weighted by Gasteiger charge is -2.11. The highest BCUT2D eigenvalue weighted by molar-refractivity contribution is 7.12. The summed E-state index contributed by atoms with van der Waals surface area (Å²) in [6, 6.07) is 11.7. The van der Waals surface area contributed by atoms with Gasteiger partial charge in [-0.15, -0.1) is 11.3 Å². The van der Waals surface area contributed by atoms with Crippen molar-refractivity contribution in [2.75, 3.05) is 6.54 Å². The van der Waals surface area contributed by atoms with Gasteiger partial charge in [-0.25, -0.2) is 0 Å². The summed E-state index contributed by atoms with van der Waals surface area (Å²) >= 11 is 1.42.